The Labute approximate surface area is 210 Å². The molecule has 0 bridgehead atoms. The van der Waals surface area contributed by atoms with Crippen LogP contribution in [0.3, 0.4) is 0 Å². The zero-order valence-electron chi connectivity index (χ0n) is 19.5. The number of nitrogens with zero attached hydrogens (tertiary/aromatic N) is 3. The first-order valence-corrected chi connectivity index (χ1v) is 12.4. The molecule has 2 heterocycles. The van der Waals surface area contributed by atoms with Crippen LogP contribution in [0.1, 0.15) is 35.2 Å². The number of benzene rings is 2. The van der Waals surface area contributed by atoms with Crippen LogP contribution in [0.2, 0.25) is 0 Å². The predicted octanol–water partition coefficient (Wildman–Crippen LogP) is 6.11. The molecule has 2 N–H and O–H groups in total. The molecule has 1 saturated carbocycles. The Bertz CT molecular complexity index is 1400. The lowest BCUT2D eigenvalue weighted by atomic mass is 10.0. The molecule has 0 radical (unpaired) electrons. The number of hydrogen-bond acceptors (Lipinski definition) is 5. The smallest absolute Gasteiger partial charge is 0.367 e. The molecule has 6 nitrogen and oxygen atoms in total. The summed E-state index contributed by atoms with van der Waals surface area (Å²) in [5.74, 6) is 0.199. The van der Waals surface area contributed by atoms with Crippen molar-refractivity contribution >= 4 is 29.1 Å². The Morgan fingerprint density at radius 1 is 1.17 bits per heavy atom. The minimum atomic E-state index is -4.27. The number of anilines is 1. The summed E-state index contributed by atoms with van der Waals surface area (Å²) in [6, 6.07) is 15.5. The zero-order valence-corrected chi connectivity index (χ0v) is 20.3. The van der Waals surface area contributed by atoms with Gasteiger partial charge in [-0.1, -0.05) is 36.0 Å². The Hall–Kier alpha value is -3.53. The summed E-state index contributed by atoms with van der Waals surface area (Å²) >= 11 is 1.41. The fourth-order valence-electron chi connectivity index (χ4n) is 3.85. The fourth-order valence-corrected chi connectivity index (χ4v) is 4.68. The Kier molecular flexibility index (Phi) is 6.61. The van der Waals surface area contributed by atoms with Crippen LogP contribution in [0.4, 0.5) is 19.0 Å². The third-order valence-corrected chi connectivity index (χ3v) is 6.73. The molecule has 186 valence electrons. The maximum absolute atomic E-state index is 12.8. The van der Waals surface area contributed by atoms with Gasteiger partial charge in [0, 0.05) is 34.8 Å². The molecule has 0 aliphatic heterocycles. The minimum Gasteiger partial charge on any atom is -0.367 e. The third-order valence-electron chi connectivity index (χ3n) is 5.82. The molecule has 10 heteroatoms. The summed E-state index contributed by atoms with van der Waals surface area (Å²) in [4.78, 5) is 22.5. The monoisotopic (exact) mass is 511 g/mol. The third kappa shape index (κ3) is 5.64. The van der Waals surface area contributed by atoms with Crippen LogP contribution >= 0.6 is 11.8 Å². The summed E-state index contributed by atoms with van der Waals surface area (Å²) in [5.41, 5.74) is 3.47. The standard InChI is InChI=1S/C26H24F3N5OS/c1-16-13-17(7-10-20(16)25(35)32-18-8-9-18)21-14-31-24-23(30-12-11-26(27,28)29)33-22(15-34(21)24)36-19-5-3-2-4-6-19/h2-7,10,13-15,18H,8-9,11-12H2,1H3,(H,30,33)(H,32,35). The van der Waals surface area contributed by atoms with Crippen molar-refractivity contribution in [2.45, 2.75) is 48.3 Å². The van der Waals surface area contributed by atoms with Gasteiger partial charge in [-0.05, 0) is 49.6 Å². The van der Waals surface area contributed by atoms with Crippen LogP contribution in [0.15, 0.2) is 70.8 Å². The number of imidazole rings is 1. The zero-order chi connectivity index (χ0) is 25.3. The second-order valence-corrected chi connectivity index (χ2v) is 9.84. The lowest BCUT2D eigenvalue weighted by Crippen LogP contribution is -2.26. The summed E-state index contributed by atoms with van der Waals surface area (Å²) in [6.07, 6.45) is 0.275. The molecular weight excluding hydrogens is 487 g/mol. The number of aromatic nitrogens is 3. The van der Waals surface area contributed by atoms with Crippen molar-refractivity contribution in [2.24, 2.45) is 0 Å². The van der Waals surface area contributed by atoms with Gasteiger partial charge in [0.1, 0.15) is 5.03 Å². The fraction of sp³-hybridized carbons (Fsp3) is 0.269. The van der Waals surface area contributed by atoms with Crippen molar-refractivity contribution in [3.8, 4) is 11.3 Å². The molecular formula is C26H24F3N5OS. The van der Waals surface area contributed by atoms with E-state index in [1.807, 2.05) is 60.0 Å². The number of aryl methyl sites for hydroxylation is 1. The molecule has 4 aromatic rings. The molecule has 0 atom stereocenters. The van der Waals surface area contributed by atoms with Crippen molar-refractivity contribution in [2.75, 3.05) is 11.9 Å². The predicted molar refractivity (Wildman–Crippen MR) is 133 cm³/mol. The highest BCUT2D eigenvalue weighted by atomic mass is 32.2. The molecule has 1 aliphatic carbocycles. The molecule has 1 aliphatic rings. The van der Waals surface area contributed by atoms with Gasteiger partial charge in [-0.2, -0.15) is 13.2 Å². The van der Waals surface area contributed by atoms with Crippen LogP contribution < -0.4 is 10.6 Å². The van der Waals surface area contributed by atoms with Crippen LogP contribution in [0, 0.1) is 6.92 Å². The second kappa shape index (κ2) is 9.85. The van der Waals surface area contributed by atoms with Crippen molar-refractivity contribution in [3.63, 3.8) is 0 Å². The average Bonchev–Trinajstić information content (AvgIpc) is 3.54. The first-order chi connectivity index (χ1) is 17.3. The van der Waals surface area contributed by atoms with Gasteiger partial charge in [0.15, 0.2) is 11.5 Å². The molecule has 5 rings (SSSR count). The van der Waals surface area contributed by atoms with Gasteiger partial charge in [0.05, 0.1) is 18.3 Å². The number of carbonyl (C=O) groups is 1. The van der Waals surface area contributed by atoms with Gasteiger partial charge in [-0.15, -0.1) is 0 Å². The summed E-state index contributed by atoms with van der Waals surface area (Å²) in [6.45, 7) is 1.58. The van der Waals surface area contributed by atoms with E-state index in [2.05, 4.69) is 20.6 Å². The highest BCUT2D eigenvalue weighted by molar-refractivity contribution is 7.99. The quantitative estimate of drug-likeness (QED) is 0.299. The van der Waals surface area contributed by atoms with E-state index in [1.165, 1.54) is 11.8 Å². The van der Waals surface area contributed by atoms with Crippen LogP contribution in [0.5, 0.6) is 0 Å². The van der Waals surface area contributed by atoms with Crippen LogP contribution in [-0.2, 0) is 0 Å². The van der Waals surface area contributed by atoms with E-state index in [0.717, 1.165) is 34.6 Å². The number of halogens is 3. The Morgan fingerprint density at radius 3 is 2.64 bits per heavy atom. The Morgan fingerprint density at radius 2 is 1.94 bits per heavy atom. The molecule has 1 fully saturated rings. The van der Waals surface area contributed by atoms with E-state index in [9.17, 15) is 18.0 Å². The van der Waals surface area contributed by atoms with Gasteiger partial charge >= 0.3 is 6.18 Å². The highest BCUT2D eigenvalue weighted by Crippen LogP contribution is 2.32. The van der Waals surface area contributed by atoms with E-state index in [0.29, 0.717) is 16.2 Å². The number of alkyl halides is 3. The molecule has 2 aromatic heterocycles. The number of hydrogen-bond donors (Lipinski definition) is 2. The van der Waals surface area contributed by atoms with Crippen molar-refractivity contribution < 1.29 is 18.0 Å². The number of nitrogens with one attached hydrogen (secondary N) is 2. The number of fused-ring (bicyclic) bond motifs is 1. The number of amides is 1. The van der Waals surface area contributed by atoms with Gasteiger partial charge < -0.3 is 10.6 Å². The average molecular weight is 512 g/mol. The highest BCUT2D eigenvalue weighted by Gasteiger charge is 2.27. The van der Waals surface area contributed by atoms with E-state index < -0.39 is 12.6 Å². The minimum absolute atomic E-state index is 0.0819. The topological polar surface area (TPSA) is 71.3 Å². The summed E-state index contributed by atoms with van der Waals surface area (Å²) < 4.78 is 40.1. The van der Waals surface area contributed by atoms with Gasteiger partial charge in [-0.25, -0.2) is 9.97 Å². The molecule has 2 aromatic carbocycles. The SMILES string of the molecule is Cc1cc(-c2cnc3c(NCCC(F)(F)F)nc(Sc4ccccc4)cn23)ccc1C(=O)NC1CC1. The lowest BCUT2D eigenvalue weighted by Gasteiger charge is -2.13. The summed E-state index contributed by atoms with van der Waals surface area (Å²) in [7, 11) is 0. The van der Waals surface area contributed by atoms with E-state index >= 15 is 0 Å². The largest absolute Gasteiger partial charge is 0.390 e. The van der Waals surface area contributed by atoms with E-state index in [1.54, 1.807) is 12.3 Å². The molecule has 0 spiro atoms. The molecule has 0 saturated heterocycles. The molecule has 36 heavy (non-hydrogen) atoms. The van der Waals surface area contributed by atoms with Crippen LogP contribution in [0.25, 0.3) is 16.9 Å². The van der Waals surface area contributed by atoms with Gasteiger partial charge in [0.2, 0.25) is 0 Å². The molecule has 0 unspecified atom stereocenters. The van der Waals surface area contributed by atoms with Crippen molar-refractivity contribution in [3.05, 3.63) is 72.1 Å². The Balaban J connectivity index is 1.50. The maximum atomic E-state index is 12.8. The summed E-state index contributed by atoms with van der Waals surface area (Å²) in [5, 5.41) is 6.43. The second-order valence-electron chi connectivity index (χ2n) is 8.75. The number of carbonyl (C=O) groups excluding carboxylic acids is 1. The lowest BCUT2D eigenvalue weighted by molar-refractivity contribution is -0.131. The van der Waals surface area contributed by atoms with Gasteiger partial charge in [-0.3, -0.25) is 9.20 Å². The number of rotatable bonds is 8. The normalized spacial score (nSPS) is 13.7. The first-order valence-electron chi connectivity index (χ1n) is 11.6. The van der Waals surface area contributed by atoms with E-state index in [4.69, 9.17) is 0 Å². The molecule has 1 amide bonds. The van der Waals surface area contributed by atoms with Crippen molar-refractivity contribution in [1.29, 1.82) is 0 Å². The van der Waals surface area contributed by atoms with Gasteiger partial charge in [0.25, 0.3) is 5.91 Å². The van der Waals surface area contributed by atoms with Crippen molar-refractivity contribution in [1.82, 2.24) is 19.7 Å². The maximum Gasteiger partial charge on any atom is 0.390 e. The first kappa shape index (κ1) is 24.2. The van der Waals surface area contributed by atoms with E-state index in [-0.39, 0.29) is 24.3 Å². The van der Waals surface area contributed by atoms with Crippen LogP contribution in [-0.4, -0.2) is 39.0 Å².